The molecule has 0 unspecified atom stereocenters. The summed E-state index contributed by atoms with van der Waals surface area (Å²) in [6.07, 6.45) is 0. The summed E-state index contributed by atoms with van der Waals surface area (Å²) in [6, 6.07) is 43.4. The molecule has 0 bridgehead atoms. The molecule has 0 saturated carbocycles. The molecule has 0 aliphatic heterocycles. The minimum absolute atomic E-state index is 0.0662. The molecule has 0 radical (unpaired) electrons. The SMILES string of the molecule is CCOC(=O)COCCOCCOCCOc1ccc(Cn2c(-c3ccc(OCc4ccccc4)cc3)c(C)c3cc(OCc4ccccc4)ccc32)cc1. The van der Waals surface area contributed by atoms with Crippen LogP contribution in [0.3, 0.4) is 0 Å². The maximum atomic E-state index is 11.3. The van der Waals surface area contributed by atoms with Crippen molar-refractivity contribution >= 4 is 16.9 Å². The predicted octanol–water partition coefficient (Wildman–Crippen LogP) is 8.81. The van der Waals surface area contributed by atoms with Gasteiger partial charge in [0.25, 0.3) is 0 Å². The molecular formula is C46H49NO8. The Balaban J connectivity index is 1.07. The van der Waals surface area contributed by atoms with Gasteiger partial charge in [-0.05, 0) is 96.3 Å². The monoisotopic (exact) mass is 743 g/mol. The number of ether oxygens (including phenoxy) is 7. The van der Waals surface area contributed by atoms with Gasteiger partial charge in [-0.15, -0.1) is 0 Å². The van der Waals surface area contributed by atoms with Crippen LogP contribution in [0.1, 0.15) is 29.2 Å². The summed E-state index contributed by atoms with van der Waals surface area (Å²) < 4.78 is 41.8. The largest absolute Gasteiger partial charge is 0.491 e. The van der Waals surface area contributed by atoms with E-state index in [-0.39, 0.29) is 12.6 Å². The first-order chi connectivity index (χ1) is 27.1. The summed E-state index contributed by atoms with van der Waals surface area (Å²) in [7, 11) is 0. The van der Waals surface area contributed by atoms with Gasteiger partial charge < -0.3 is 37.7 Å². The third-order valence-corrected chi connectivity index (χ3v) is 8.94. The van der Waals surface area contributed by atoms with Crippen LogP contribution in [0.4, 0.5) is 0 Å². The minimum Gasteiger partial charge on any atom is -0.491 e. The zero-order valence-electron chi connectivity index (χ0n) is 31.6. The molecule has 0 atom stereocenters. The standard InChI is InChI=1S/C46H49NO8/c1-3-52-45(48)34-51-27-26-49-24-25-50-28-29-53-40-18-14-36(15-19-40)31-47-44-23-22-42(55-33-38-12-8-5-9-13-38)30-43(44)35(2)46(47)39-16-20-41(21-17-39)54-32-37-10-6-4-7-11-37/h4-23,30H,3,24-29,31-34H2,1-2H3. The maximum Gasteiger partial charge on any atom is 0.332 e. The van der Waals surface area contributed by atoms with Gasteiger partial charge in [0.2, 0.25) is 0 Å². The van der Waals surface area contributed by atoms with Crippen LogP contribution in [0, 0.1) is 6.92 Å². The lowest BCUT2D eigenvalue weighted by Crippen LogP contribution is -2.16. The number of rotatable bonds is 22. The quantitative estimate of drug-likeness (QED) is 0.0504. The van der Waals surface area contributed by atoms with Gasteiger partial charge in [-0.1, -0.05) is 72.8 Å². The lowest BCUT2D eigenvalue weighted by molar-refractivity contribution is -0.149. The first-order valence-corrected chi connectivity index (χ1v) is 18.7. The topological polar surface area (TPSA) is 86.6 Å². The third-order valence-electron chi connectivity index (χ3n) is 8.94. The molecule has 55 heavy (non-hydrogen) atoms. The van der Waals surface area contributed by atoms with E-state index in [0.29, 0.717) is 66.0 Å². The molecule has 1 aromatic heterocycles. The van der Waals surface area contributed by atoms with E-state index in [1.54, 1.807) is 6.92 Å². The fraction of sp³-hybridized carbons (Fsp3) is 0.283. The van der Waals surface area contributed by atoms with E-state index in [0.717, 1.165) is 56.1 Å². The van der Waals surface area contributed by atoms with Crippen molar-refractivity contribution in [2.24, 2.45) is 0 Å². The third kappa shape index (κ3) is 11.7. The average Bonchev–Trinajstić information content (AvgIpc) is 3.49. The maximum absolute atomic E-state index is 11.3. The Morgan fingerprint density at radius 3 is 1.75 bits per heavy atom. The van der Waals surface area contributed by atoms with E-state index >= 15 is 0 Å². The number of nitrogens with zero attached hydrogens (tertiary/aromatic N) is 1. The molecule has 0 fully saturated rings. The molecule has 0 amide bonds. The molecule has 0 spiro atoms. The van der Waals surface area contributed by atoms with Gasteiger partial charge in [0.05, 0.1) is 45.3 Å². The van der Waals surface area contributed by atoms with Gasteiger partial charge in [0.1, 0.15) is 43.7 Å². The summed E-state index contributed by atoms with van der Waals surface area (Å²) in [6.45, 7) is 8.36. The van der Waals surface area contributed by atoms with Crippen molar-refractivity contribution in [3.8, 4) is 28.5 Å². The molecule has 0 saturated heterocycles. The first kappa shape index (κ1) is 39.1. The number of carbonyl (C=O) groups is 1. The Kier molecular flexibility index (Phi) is 14.7. The summed E-state index contributed by atoms with van der Waals surface area (Å²) in [5, 5.41) is 1.15. The molecular weight excluding hydrogens is 695 g/mol. The number of hydrogen-bond donors (Lipinski definition) is 0. The van der Waals surface area contributed by atoms with Crippen molar-refractivity contribution in [1.29, 1.82) is 0 Å². The Labute approximate surface area is 323 Å². The Morgan fingerprint density at radius 2 is 1.11 bits per heavy atom. The highest BCUT2D eigenvalue weighted by Gasteiger charge is 2.18. The Morgan fingerprint density at radius 1 is 0.564 bits per heavy atom. The van der Waals surface area contributed by atoms with Gasteiger partial charge in [0, 0.05) is 17.4 Å². The molecule has 6 aromatic rings. The van der Waals surface area contributed by atoms with E-state index in [2.05, 4.69) is 78.2 Å². The van der Waals surface area contributed by atoms with Gasteiger partial charge in [-0.3, -0.25) is 0 Å². The highest BCUT2D eigenvalue weighted by molar-refractivity contribution is 5.92. The highest BCUT2D eigenvalue weighted by atomic mass is 16.6. The fourth-order valence-electron chi connectivity index (χ4n) is 6.21. The van der Waals surface area contributed by atoms with Crippen LogP contribution in [0.5, 0.6) is 17.2 Å². The van der Waals surface area contributed by atoms with Crippen LogP contribution in [-0.4, -0.2) is 63.4 Å². The van der Waals surface area contributed by atoms with Crippen molar-refractivity contribution in [2.75, 3.05) is 52.9 Å². The molecule has 286 valence electrons. The number of fused-ring (bicyclic) bond motifs is 1. The molecule has 9 nitrogen and oxygen atoms in total. The molecule has 1 heterocycles. The van der Waals surface area contributed by atoms with Crippen molar-refractivity contribution < 1.29 is 38.0 Å². The smallest absolute Gasteiger partial charge is 0.332 e. The van der Waals surface area contributed by atoms with Crippen LogP contribution in [0.15, 0.2) is 127 Å². The van der Waals surface area contributed by atoms with E-state index < -0.39 is 0 Å². The van der Waals surface area contributed by atoms with Crippen LogP contribution in [-0.2, 0) is 43.5 Å². The van der Waals surface area contributed by atoms with Crippen molar-refractivity contribution in [1.82, 2.24) is 4.57 Å². The molecule has 0 N–H and O–H groups in total. The zero-order chi connectivity index (χ0) is 38.1. The number of carbonyl (C=O) groups excluding carboxylic acids is 1. The second-order valence-corrected chi connectivity index (χ2v) is 12.9. The van der Waals surface area contributed by atoms with Crippen LogP contribution in [0.2, 0.25) is 0 Å². The summed E-state index contributed by atoms with van der Waals surface area (Å²) in [5.41, 5.74) is 7.99. The number of aromatic nitrogens is 1. The van der Waals surface area contributed by atoms with Crippen molar-refractivity contribution in [3.63, 3.8) is 0 Å². The van der Waals surface area contributed by atoms with Gasteiger partial charge in [0.15, 0.2) is 0 Å². The normalized spacial score (nSPS) is 11.1. The van der Waals surface area contributed by atoms with Crippen LogP contribution < -0.4 is 14.2 Å². The lowest BCUT2D eigenvalue weighted by Gasteiger charge is -2.14. The number of esters is 1. The second kappa shape index (κ2) is 20.7. The van der Waals surface area contributed by atoms with Crippen molar-refractivity contribution in [2.45, 2.75) is 33.6 Å². The zero-order valence-corrected chi connectivity index (χ0v) is 31.6. The highest BCUT2D eigenvalue weighted by Crippen LogP contribution is 2.37. The van der Waals surface area contributed by atoms with Gasteiger partial charge >= 0.3 is 5.97 Å². The molecule has 0 aliphatic carbocycles. The van der Waals surface area contributed by atoms with Gasteiger partial charge in [-0.25, -0.2) is 4.79 Å². The van der Waals surface area contributed by atoms with Crippen LogP contribution in [0.25, 0.3) is 22.2 Å². The van der Waals surface area contributed by atoms with E-state index in [9.17, 15) is 4.79 Å². The predicted molar refractivity (Wildman–Crippen MR) is 214 cm³/mol. The lowest BCUT2D eigenvalue weighted by atomic mass is 10.1. The number of hydrogen-bond acceptors (Lipinski definition) is 8. The number of benzene rings is 5. The minimum atomic E-state index is -0.373. The van der Waals surface area contributed by atoms with Gasteiger partial charge in [-0.2, -0.15) is 0 Å². The summed E-state index contributed by atoms with van der Waals surface area (Å²) in [4.78, 5) is 11.3. The van der Waals surface area contributed by atoms with E-state index in [1.165, 1.54) is 5.56 Å². The van der Waals surface area contributed by atoms with E-state index in [1.807, 2.05) is 60.7 Å². The second-order valence-electron chi connectivity index (χ2n) is 12.9. The summed E-state index contributed by atoms with van der Waals surface area (Å²) >= 11 is 0. The fourth-order valence-corrected chi connectivity index (χ4v) is 6.21. The summed E-state index contributed by atoms with van der Waals surface area (Å²) in [5.74, 6) is 2.07. The molecule has 0 aliphatic rings. The number of aryl methyl sites for hydroxylation is 1. The Bertz CT molecular complexity index is 2040. The van der Waals surface area contributed by atoms with Crippen LogP contribution >= 0.6 is 0 Å². The average molecular weight is 744 g/mol. The molecule has 6 rings (SSSR count). The van der Waals surface area contributed by atoms with Crippen molar-refractivity contribution in [3.05, 3.63) is 150 Å². The molecule has 9 heteroatoms. The van der Waals surface area contributed by atoms with E-state index in [4.69, 9.17) is 33.2 Å². The first-order valence-electron chi connectivity index (χ1n) is 18.7. The molecule has 5 aromatic carbocycles. The Hall–Kier alpha value is -5.61.